The maximum absolute atomic E-state index is 6.14. The van der Waals surface area contributed by atoms with Gasteiger partial charge in [-0.25, -0.2) is 9.50 Å². The summed E-state index contributed by atoms with van der Waals surface area (Å²) in [6, 6.07) is 0. The Kier molecular flexibility index (Phi) is 1.78. The van der Waals surface area contributed by atoms with Gasteiger partial charge in [0.25, 0.3) is 0 Å². The van der Waals surface area contributed by atoms with E-state index in [1.807, 2.05) is 18.4 Å². The van der Waals surface area contributed by atoms with E-state index in [1.54, 1.807) is 0 Å². The van der Waals surface area contributed by atoms with Gasteiger partial charge in [-0.15, -0.1) is 0 Å². The van der Waals surface area contributed by atoms with Gasteiger partial charge < -0.3 is 5.32 Å². The number of aryl methyl sites for hydroxylation is 2. The second-order valence-corrected chi connectivity index (χ2v) is 4.24. The van der Waals surface area contributed by atoms with Crippen molar-refractivity contribution in [2.75, 3.05) is 0 Å². The van der Waals surface area contributed by atoms with Crippen molar-refractivity contribution in [2.45, 2.75) is 26.9 Å². The van der Waals surface area contributed by atoms with Gasteiger partial charge in [-0.2, -0.15) is 5.10 Å². The van der Waals surface area contributed by atoms with Gasteiger partial charge in [0.1, 0.15) is 0 Å². The fourth-order valence-corrected chi connectivity index (χ4v) is 2.15. The summed E-state index contributed by atoms with van der Waals surface area (Å²) in [5.41, 5.74) is 5.07. The molecule has 1 aliphatic rings. The fraction of sp³-hybridized carbons (Fsp3) is 0.400. The summed E-state index contributed by atoms with van der Waals surface area (Å²) in [6.45, 7) is 5.58. The minimum Gasteiger partial charge on any atom is -0.307 e. The summed E-state index contributed by atoms with van der Waals surface area (Å²) >= 11 is 6.14. The number of halogens is 1. The van der Waals surface area contributed by atoms with E-state index in [1.165, 1.54) is 5.56 Å². The molecule has 1 aliphatic heterocycles. The molecule has 0 aliphatic carbocycles. The topological polar surface area (TPSA) is 42.2 Å². The maximum Gasteiger partial charge on any atom is 0.160 e. The molecule has 3 rings (SSSR count). The third-order valence-corrected chi connectivity index (χ3v) is 3.41. The van der Waals surface area contributed by atoms with Crippen LogP contribution in [0.5, 0.6) is 0 Å². The molecule has 0 fully saturated rings. The van der Waals surface area contributed by atoms with Crippen molar-refractivity contribution < 1.29 is 0 Å². The Labute approximate surface area is 92.3 Å². The lowest BCUT2D eigenvalue weighted by atomic mass is 10.3. The number of hydrogen-bond donors (Lipinski definition) is 1. The molecule has 15 heavy (non-hydrogen) atoms. The number of hydrogen-bond acceptors (Lipinski definition) is 3. The first-order valence-electron chi connectivity index (χ1n) is 4.92. The van der Waals surface area contributed by atoms with Gasteiger partial charge in [0, 0.05) is 18.7 Å². The molecule has 0 spiro atoms. The predicted octanol–water partition coefficient (Wildman–Crippen LogP) is 1.60. The van der Waals surface area contributed by atoms with Crippen molar-refractivity contribution in [3.63, 3.8) is 0 Å². The van der Waals surface area contributed by atoms with Crippen LogP contribution in [0.15, 0.2) is 0 Å². The first kappa shape index (κ1) is 9.12. The zero-order valence-electron chi connectivity index (χ0n) is 8.63. The monoisotopic (exact) mass is 222 g/mol. The lowest BCUT2D eigenvalue weighted by molar-refractivity contribution is 0.728. The summed E-state index contributed by atoms with van der Waals surface area (Å²) < 4.78 is 1.85. The van der Waals surface area contributed by atoms with E-state index in [-0.39, 0.29) is 0 Å². The zero-order valence-corrected chi connectivity index (χ0v) is 9.39. The molecule has 0 saturated carbocycles. The van der Waals surface area contributed by atoms with Gasteiger partial charge in [0.15, 0.2) is 5.65 Å². The van der Waals surface area contributed by atoms with Gasteiger partial charge in [-0.05, 0) is 13.8 Å². The van der Waals surface area contributed by atoms with E-state index in [0.717, 1.165) is 35.8 Å². The minimum absolute atomic E-state index is 0.705. The van der Waals surface area contributed by atoms with E-state index in [0.29, 0.717) is 5.02 Å². The number of fused-ring (bicyclic) bond motifs is 3. The van der Waals surface area contributed by atoms with E-state index >= 15 is 0 Å². The molecule has 1 N–H and O–H groups in total. The molecule has 0 amide bonds. The molecule has 78 valence electrons. The van der Waals surface area contributed by atoms with Crippen LogP contribution in [0.1, 0.15) is 22.6 Å². The summed E-state index contributed by atoms with van der Waals surface area (Å²) in [5, 5.41) is 8.47. The number of aromatic nitrogens is 3. The average molecular weight is 223 g/mol. The second kappa shape index (κ2) is 2.93. The van der Waals surface area contributed by atoms with Gasteiger partial charge in [-0.1, -0.05) is 11.6 Å². The Morgan fingerprint density at radius 1 is 1.33 bits per heavy atom. The Bertz CT molecular complexity index is 558. The number of nitrogens with zero attached hydrogens (tertiary/aromatic N) is 3. The maximum atomic E-state index is 6.14. The molecule has 0 saturated heterocycles. The second-order valence-electron chi connectivity index (χ2n) is 3.86. The molecule has 0 bridgehead atoms. The average Bonchev–Trinajstić information content (AvgIpc) is 2.76. The standard InChI is InChI=1S/C10H11ClN4/c1-5-9(11)6(2)15-10(13-5)7-3-12-4-8(7)14-15/h12H,3-4H2,1-2H3. The quantitative estimate of drug-likeness (QED) is 0.736. The van der Waals surface area contributed by atoms with Crippen molar-refractivity contribution in [2.24, 2.45) is 0 Å². The van der Waals surface area contributed by atoms with Crippen LogP contribution >= 0.6 is 11.6 Å². The zero-order chi connectivity index (χ0) is 10.6. The van der Waals surface area contributed by atoms with E-state index < -0.39 is 0 Å². The molecule has 3 heterocycles. The summed E-state index contributed by atoms with van der Waals surface area (Å²) in [6.07, 6.45) is 0. The van der Waals surface area contributed by atoms with Crippen LogP contribution in [0.4, 0.5) is 0 Å². The summed E-state index contributed by atoms with van der Waals surface area (Å²) in [7, 11) is 0. The summed E-state index contributed by atoms with van der Waals surface area (Å²) in [5.74, 6) is 0. The highest BCUT2D eigenvalue weighted by Gasteiger charge is 2.20. The molecule has 5 heteroatoms. The van der Waals surface area contributed by atoms with Crippen LogP contribution in [0, 0.1) is 13.8 Å². The lowest BCUT2D eigenvalue weighted by Crippen LogP contribution is -2.06. The van der Waals surface area contributed by atoms with Crippen molar-refractivity contribution in [1.29, 1.82) is 0 Å². The van der Waals surface area contributed by atoms with E-state index in [2.05, 4.69) is 15.4 Å². The third-order valence-electron chi connectivity index (χ3n) is 2.86. The highest BCUT2D eigenvalue weighted by molar-refractivity contribution is 6.31. The Hall–Kier alpha value is -1.13. The van der Waals surface area contributed by atoms with Gasteiger partial charge in [0.05, 0.1) is 22.1 Å². The largest absolute Gasteiger partial charge is 0.307 e. The van der Waals surface area contributed by atoms with Gasteiger partial charge >= 0.3 is 0 Å². The lowest BCUT2D eigenvalue weighted by Gasteiger charge is -2.05. The van der Waals surface area contributed by atoms with Crippen LogP contribution in [-0.2, 0) is 13.1 Å². The van der Waals surface area contributed by atoms with Gasteiger partial charge in [0.2, 0.25) is 0 Å². The van der Waals surface area contributed by atoms with E-state index in [4.69, 9.17) is 11.6 Å². The third kappa shape index (κ3) is 1.12. The van der Waals surface area contributed by atoms with E-state index in [9.17, 15) is 0 Å². The predicted molar refractivity (Wildman–Crippen MR) is 58.0 cm³/mol. The van der Waals surface area contributed by atoms with Crippen molar-refractivity contribution in [3.05, 3.63) is 27.7 Å². The molecule has 0 radical (unpaired) electrons. The smallest absolute Gasteiger partial charge is 0.160 e. The van der Waals surface area contributed by atoms with Crippen LogP contribution < -0.4 is 5.32 Å². The van der Waals surface area contributed by atoms with Crippen molar-refractivity contribution in [1.82, 2.24) is 19.9 Å². The van der Waals surface area contributed by atoms with Gasteiger partial charge in [-0.3, -0.25) is 0 Å². The van der Waals surface area contributed by atoms with Crippen LogP contribution in [-0.4, -0.2) is 14.6 Å². The number of nitrogens with one attached hydrogen (secondary N) is 1. The normalized spacial score (nSPS) is 14.9. The first-order chi connectivity index (χ1) is 7.18. The fourth-order valence-electron chi connectivity index (χ4n) is 2.03. The molecule has 4 nitrogen and oxygen atoms in total. The van der Waals surface area contributed by atoms with Crippen molar-refractivity contribution >= 4 is 17.2 Å². The Balaban J connectivity index is 2.45. The van der Waals surface area contributed by atoms with Crippen LogP contribution in [0.25, 0.3) is 5.65 Å². The molecule has 0 atom stereocenters. The minimum atomic E-state index is 0.705. The Morgan fingerprint density at radius 3 is 2.93 bits per heavy atom. The van der Waals surface area contributed by atoms with Crippen molar-refractivity contribution in [3.8, 4) is 0 Å². The molecule has 0 unspecified atom stereocenters. The number of rotatable bonds is 0. The molecular weight excluding hydrogens is 212 g/mol. The SMILES string of the molecule is Cc1nc2c3c(nn2c(C)c1Cl)CNC3. The molecule has 2 aromatic rings. The molecular formula is C10H11ClN4. The molecule has 0 aromatic carbocycles. The Morgan fingerprint density at radius 2 is 2.13 bits per heavy atom. The first-order valence-corrected chi connectivity index (χ1v) is 5.30. The van der Waals surface area contributed by atoms with Crippen LogP contribution in [0.2, 0.25) is 5.02 Å². The molecule has 2 aromatic heterocycles. The highest BCUT2D eigenvalue weighted by Crippen LogP contribution is 2.25. The van der Waals surface area contributed by atoms with Crippen LogP contribution in [0.3, 0.4) is 0 Å². The highest BCUT2D eigenvalue weighted by atomic mass is 35.5. The summed E-state index contributed by atoms with van der Waals surface area (Å²) in [4.78, 5) is 4.50.